The third-order valence-electron chi connectivity index (χ3n) is 3.85. The highest BCUT2D eigenvalue weighted by Gasteiger charge is 2.29. The summed E-state index contributed by atoms with van der Waals surface area (Å²) in [5.41, 5.74) is 7.40. The third-order valence-corrected chi connectivity index (χ3v) is 3.85. The van der Waals surface area contributed by atoms with Gasteiger partial charge in [-0.15, -0.1) is 5.10 Å². The molecule has 0 saturated carbocycles. The molecule has 110 valence electrons. The van der Waals surface area contributed by atoms with Gasteiger partial charge < -0.3 is 10.6 Å². The minimum atomic E-state index is 0.0785. The first-order valence-electron chi connectivity index (χ1n) is 7.21. The van der Waals surface area contributed by atoms with Crippen LogP contribution in [0.25, 0.3) is 0 Å². The van der Waals surface area contributed by atoms with Crippen LogP contribution in [-0.4, -0.2) is 32.3 Å². The lowest BCUT2D eigenvalue weighted by atomic mass is 10.0. The number of benzene rings is 1. The molecule has 0 bridgehead atoms. The number of nitrogens with zero attached hydrogens (tertiary/aromatic N) is 4. The van der Waals surface area contributed by atoms with E-state index in [4.69, 9.17) is 5.73 Å². The fourth-order valence-corrected chi connectivity index (χ4v) is 2.83. The Morgan fingerprint density at radius 3 is 2.86 bits per heavy atom. The van der Waals surface area contributed by atoms with Crippen LogP contribution in [-0.2, 0) is 17.9 Å². The van der Waals surface area contributed by atoms with Crippen molar-refractivity contribution in [1.29, 1.82) is 0 Å². The van der Waals surface area contributed by atoms with Gasteiger partial charge in [0.15, 0.2) is 0 Å². The van der Waals surface area contributed by atoms with Crippen LogP contribution in [0.4, 0.5) is 0 Å². The molecule has 1 atom stereocenters. The van der Waals surface area contributed by atoms with Gasteiger partial charge in [-0.1, -0.05) is 35.5 Å². The smallest absolute Gasteiger partial charge is 0.244 e. The number of amides is 1. The summed E-state index contributed by atoms with van der Waals surface area (Å²) in [7, 11) is 0. The van der Waals surface area contributed by atoms with E-state index < -0.39 is 0 Å². The van der Waals surface area contributed by atoms with Gasteiger partial charge in [0.25, 0.3) is 0 Å². The fourth-order valence-electron chi connectivity index (χ4n) is 2.83. The molecule has 3 rings (SSSR count). The van der Waals surface area contributed by atoms with Crippen LogP contribution in [0.3, 0.4) is 0 Å². The van der Waals surface area contributed by atoms with Gasteiger partial charge in [0.05, 0.1) is 17.9 Å². The standard InChI is InChI=1S/C15H19N5O/c16-9-13-10-19(18-17-13)11-15(21)20-8-4-7-14(20)12-5-2-1-3-6-12/h1-3,5-6,10,14H,4,7-9,11,16H2. The highest BCUT2D eigenvalue weighted by atomic mass is 16.2. The van der Waals surface area contributed by atoms with Crippen molar-refractivity contribution in [3.8, 4) is 0 Å². The molecule has 1 fully saturated rings. The summed E-state index contributed by atoms with van der Waals surface area (Å²) < 4.78 is 1.56. The molecule has 2 aromatic rings. The predicted molar refractivity (Wildman–Crippen MR) is 78.0 cm³/mol. The number of aromatic nitrogens is 3. The van der Waals surface area contributed by atoms with Crippen LogP contribution < -0.4 is 5.73 Å². The van der Waals surface area contributed by atoms with Gasteiger partial charge in [-0.3, -0.25) is 4.79 Å². The molecule has 1 unspecified atom stereocenters. The van der Waals surface area contributed by atoms with Crippen molar-refractivity contribution in [1.82, 2.24) is 19.9 Å². The zero-order chi connectivity index (χ0) is 14.7. The molecule has 1 amide bonds. The van der Waals surface area contributed by atoms with Crippen molar-refractivity contribution >= 4 is 5.91 Å². The van der Waals surface area contributed by atoms with Gasteiger partial charge in [0.2, 0.25) is 5.91 Å². The zero-order valence-electron chi connectivity index (χ0n) is 11.9. The molecule has 6 nitrogen and oxygen atoms in total. The van der Waals surface area contributed by atoms with Crippen LogP contribution in [0.1, 0.15) is 30.1 Å². The fraction of sp³-hybridized carbons (Fsp3) is 0.400. The van der Waals surface area contributed by atoms with Gasteiger partial charge >= 0.3 is 0 Å². The van der Waals surface area contributed by atoms with Crippen molar-refractivity contribution in [3.05, 3.63) is 47.8 Å². The molecule has 1 aromatic heterocycles. The summed E-state index contributed by atoms with van der Waals surface area (Å²) in [4.78, 5) is 14.4. The lowest BCUT2D eigenvalue weighted by molar-refractivity contribution is -0.133. The monoisotopic (exact) mass is 285 g/mol. The number of rotatable bonds is 4. The van der Waals surface area contributed by atoms with Crippen molar-refractivity contribution in [2.45, 2.75) is 32.0 Å². The molecule has 1 saturated heterocycles. The van der Waals surface area contributed by atoms with Crippen molar-refractivity contribution < 1.29 is 4.79 Å². The van der Waals surface area contributed by atoms with E-state index in [-0.39, 0.29) is 18.5 Å². The summed E-state index contributed by atoms with van der Waals surface area (Å²) in [6.07, 6.45) is 3.78. The molecular weight excluding hydrogens is 266 g/mol. The first kappa shape index (κ1) is 13.8. The van der Waals surface area contributed by atoms with E-state index in [0.717, 1.165) is 19.4 Å². The maximum absolute atomic E-state index is 12.5. The van der Waals surface area contributed by atoms with Gasteiger partial charge in [0.1, 0.15) is 6.54 Å². The third kappa shape index (κ3) is 2.95. The molecule has 2 heterocycles. The zero-order valence-corrected chi connectivity index (χ0v) is 11.9. The van der Waals surface area contributed by atoms with E-state index in [1.54, 1.807) is 10.9 Å². The second kappa shape index (κ2) is 6.05. The lowest BCUT2D eigenvalue weighted by Crippen LogP contribution is -2.33. The SMILES string of the molecule is NCc1cn(CC(=O)N2CCCC2c2ccccc2)nn1. The predicted octanol–water partition coefficient (Wildman–Crippen LogP) is 1.10. The molecular formula is C15H19N5O. The maximum atomic E-state index is 12.5. The average Bonchev–Trinajstić information content (AvgIpc) is 3.17. The van der Waals surface area contributed by atoms with Gasteiger partial charge in [0, 0.05) is 13.1 Å². The molecule has 0 radical (unpaired) electrons. The largest absolute Gasteiger partial charge is 0.334 e. The van der Waals surface area contributed by atoms with Crippen LogP contribution in [0.5, 0.6) is 0 Å². The maximum Gasteiger partial charge on any atom is 0.244 e. The normalized spacial score (nSPS) is 18.1. The van der Waals surface area contributed by atoms with Crippen LogP contribution in [0, 0.1) is 0 Å². The second-order valence-corrected chi connectivity index (χ2v) is 5.27. The number of nitrogens with two attached hydrogens (primary N) is 1. The average molecular weight is 285 g/mol. The van der Waals surface area contributed by atoms with Crippen LogP contribution >= 0.6 is 0 Å². The number of hydrogen-bond acceptors (Lipinski definition) is 4. The summed E-state index contributed by atoms with van der Waals surface area (Å²) >= 11 is 0. The topological polar surface area (TPSA) is 77.0 Å². The Balaban J connectivity index is 1.71. The molecule has 1 aromatic carbocycles. The lowest BCUT2D eigenvalue weighted by Gasteiger charge is -2.25. The Kier molecular flexibility index (Phi) is 3.96. The minimum Gasteiger partial charge on any atom is -0.334 e. The summed E-state index contributed by atoms with van der Waals surface area (Å²) in [6.45, 7) is 1.36. The number of carbonyl (C=O) groups excluding carboxylic acids is 1. The number of hydrogen-bond donors (Lipinski definition) is 1. The molecule has 2 N–H and O–H groups in total. The number of carbonyl (C=O) groups is 1. The minimum absolute atomic E-state index is 0.0785. The molecule has 6 heteroatoms. The Bertz CT molecular complexity index is 610. The van der Waals surface area contributed by atoms with E-state index >= 15 is 0 Å². The first-order chi connectivity index (χ1) is 10.3. The van der Waals surface area contributed by atoms with Crippen molar-refractivity contribution in [3.63, 3.8) is 0 Å². The van der Waals surface area contributed by atoms with Gasteiger partial charge in [-0.25, -0.2) is 4.68 Å². The van der Waals surface area contributed by atoms with E-state index in [1.807, 2.05) is 23.1 Å². The van der Waals surface area contributed by atoms with Crippen molar-refractivity contribution in [2.75, 3.05) is 6.54 Å². The van der Waals surface area contributed by atoms with E-state index in [9.17, 15) is 4.79 Å². The Morgan fingerprint density at radius 1 is 1.33 bits per heavy atom. The van der Waals surface area contributed by atoms with E-state index in [0.29, 0.717) is 12.2 Å². The molecule has 1 aliphatic heterocycles. The Morgan fingerprint density at radius 2 is 2.14 bits per heavy atom. The van der Waals surface area contributed by atoms with Crippen LogP contribution in [0.2, 0.25) is 0 Å². The number of likely N-dealkylation sites (tertiary alicyclic amines) is 1. The molecule has 1 aliphatic rings. The molecule has 0 spiro atoms. The Hall–Kier alpha value is -2.21. The van der Waals surface area contributed by atoms with Crippen molar-refractivity contribution in [2.24, 2.45) is 5.73 Å². The van der Waals surface area contributed by atoms with E-state index in [2.05, 4.69) is 22.4 Å². The highest BCUT2D eigenvalue weighted by molar-refractivity contribution is 5.76. The summed E-state index contributed by atoms with van der Waals surface area (Å²) in [6, 6.07) is 10.4. The Labute approximate surface area is 123 Å². The second-order valence-electron chi connectivity index (χ2n) is 5.27. The van der Waals surface area contributed by atoms with Crippen LogP contribution in [0.15, 0.2) is 36.5 Å². The summed E-state index contributed by atoms with van der Waals surface area (Å²) in [5, 5.41) is 7.84. The van der Waals surface area contributed by atoms with Gasteiger partial charge in [-0.05, 0) is 18.4 Å². The molecule has 0 aliphatic carbocycles. The summed E-state index contributed by atoms with van der Waals surface area (Å²) in [5.74, 6) is 0.0785. The highest BCUT2D eigenvalue weighted by Crippen LogP contribution is 2.31. The van der Waals surface area contributed by atoms with E-state index in [1.165, 1.54) is 5.56 Å². The quantitative estimate of drug-likeness (QED) is 0.912. The first-order valence-corrected chi connectivity index (χ1v) is 7.21. The molecule has 21 heavy (non-hydrogen) atoms. The van der Waals surface area contributed by atoms with Gasteiger partial charge in [-0.2, -0.15) is 0 Å².